The average molecular weight is 358 g/mol. The average Bonchev–Trinajstić information content (AvgIpc) is 3.31. The maximum Gasteiger partial charge on any atom is 0.275 e. The largest absolute Gasteiger partial charge is 0.493 e. The molecule has 2 heterocycles. The number of para-hydroxylation sites is 2. The van der Waals surface area contributed by atoms with Crippen LogP contribution in [0.5, 0.6) is 11.5 Å². The van der Waals surface area contributed by atoms with Crippen molar-refractivity contribution in [2.75, 3.05) is 20.2 Å². The number of aliphatic hydroxyl groups excluding tert-OH is 1. The second-order valence-corrected chi connectivity index (χ2v) is 6.95. The summed E-state index contributed by atoms with van der Waals surface area (Å²) in [6.07, 6.45) is 3.07. The molecular weight excluding hydrogens is 336 g/mol. The summed E-state index contributed by atoms with van der Waals surface area (Å²) in [6.45, 7) is 1.28. The van der Waals surface area contributed by atoms with E-state index in [2.05, 4.69) is 4.98 Å². The minimum Gasteiger partial charge on any atom is -0.493 e. The van der Waals surface area contributed by atoms with Gasteiger partial charge >= 0.3 is 0 Å². The molecule has 1 saturated carbocycles. The second-order valence-electron chi connectivity index (χ2n) is 6.95. The summed E-state index contributed by atoms with van der Waals surface area (Å²) in [5, 5.41) is 10.6. The standard InChI is InChI=1S/C19H22N2O5/c1-24-16-4-2-3-5-17(16)26-18-7-13-9-21(8-12(13)6-15(18)22)19(23)14-10-25-11-20-14/h2-5,10-13,15,18,22H,6-9H2,1H3/t12-,13+,15+,18+/m0/s1. The van der Waals surface area contributed by atoms with Gasteiger partial charge in [0.05, 0.1) is 13.2 Å². The Labute approximate surface area is 151 Å². The fraction of sp³-hybridized carbons (Fsp3) is 0.474. The number of hydrogen-bond acceptors (Lipinski definition) is 6. The first-order chi connectivity index (χ1) is 12.7. The number of carbonyl (C=O) groups is 1. The molecule has 4 atom stereocenters. The number of oxazole rings is 1. The number of methoxy groups -OCH3 is 1. The molecule has 138 valence electrons. The molecular formula is C19H22N2O5. The Hall–Kier alpha value is -2.54. The van der Waals surface area contributed by atoms with E-state index >= 15 is 0 Å². The van der Waals surface area contributed by atoms with Crippen molar-refractivity contribution in [3.05, 3.63) is 42.6 Å². The van der Waals surface area contributed by atoms with Crippen molar-refractivity contribution in [2.45, 2.75) is 25.0 Å². The lowest BCUT2D eigenvalue weighted by Crippen LogP contribution is -2.42. The molecule has 0 bridgehead atoms. The van der Waals surface area contributed by atoms with Crippen LogP contribution in [0.15, 0.2) is 41.3 Å². The summed E-state index contributed by atoms with van der Waals surface area (Å²) >= 11 is 0. The van der Waals surface area contributed by atoms with Crippen LogP contribution in [0, 0.1) is 11.8 Å². The number of nitrogens with zero attached hydrogens (tertiary/aromatic N) is 2. The fourth-order valence-corrected chi connectivity index (χ4v) is 4.04. The summed E-state index contributed by atoms with van der Waals surface area (Å²) in [5.74, 6) is 1.74. The maximum absolute atomic E-state index is 12.5. The molecule has 0 unspecified atom stereocenters. The van der Waals surface area contributed by atoms with Crippen molar-refractivity contribution in [2.24, 2.45) is 11.8 Å². The molecule has 1 amide bonds. The van der Waals surface area contributed by atoms with E-state index in [1.165, 1.54) is 12.7 Å². The van der Waals surface area contributed by atoms with Gasteiger partial charge in [0, 0.05) is 13.1 Å². The Kier molecular flexibility index (Phi) is 4.55. The first kappa shape index (κ1) is 16.9. The molecule has 1 aromatic heterocycles. The number of carbonyl (C=O) groups excluding carboxylic acids is 1. The van der Waals surface area contributed by atoms with Gasteiger partial charge in [-0.2, -0.15) is 0 Å². The summed E-state index contributed by atoms with van der Waals surface area (Å²) in [7, 11) is 1.60. The Morgan fingerprint density at radius 1 is 1.23 bits per heavy atom. The highest BCUT2D eigenvalue weighted by atomic mass is 16.5. The van der Waals surface area contributed by atoms with Crippen LogP contribution in [0.25, 0.3) is 0 Å². The predicted octanol–water partition coefficient (Wildman–Crippen LogP) is 1.97. The molecule has 4 rings (SSSR count). The van der Waals surface area contributed by atoms with Gasteiger partial charge in [-0.1, -0.05) is 12.1 Å². The van der Waals surface area contributed by atoms with Crippen LogP contribution in [0.4, 0.5) is 0 Å². The highest BCUT2D eigenvalue weighted by Gasteiger charge is 2.44. The van der Waals surface area contributed by atoms with E-state index in [1.807, 2.05) is 24.3 Å². The van der Waals surface area contributed by atoms with E-state index < -0.39 is 6.10 Å². The van der Waals surface area contributed by atoms with Crippen LogP contribution >= 0.6 is 0 Å². The van der Waals surface area contributed by atoms with Crippen molar-refractivity contribution in [3.8, 4) is 11.5 Å². The molecule has 0 spiro atoms. The fourth-order valence-electron chi connectivity index (χ4n) is 4.04. The minimum absolute atomic E-state index is 0.121. The molecule has 1 aromatic carbocycles. The third kappa shape index (κ3) is 3.14. The van der Waals surface area contributed by atoms with Crippen LogP contribution in [0.3, 0.4) is 0 Å². The highest BCUT2D eigenvalue weighted by molar-refractivity contribution is 5.92. The quantitative estimate of drug-likeness (QED) is 0.899. The molecule has 0 radical (unpaired) electrons. The van der Waals surface area contributed by atoms with Crippen molar-refractivity contribution >= 4 is 5.91 Å². The van der Waals surface area contributed by atoms with Gasteiger partial charge in [0.25, 0.3) is 5.91 Å². The molecule has 26 heavy (non-hydrogen) atoms. The van der Waals surface area contributed by atoms with Gasteiger partial charge in [-0.25, -0.2) is 4.98 Å². The van der Waals surface area contributed by atoms with Crippen LogP contribution in [0.2, 0.25) is 0 Å². The van der Waals surface area contributed by atoms with Crippen molar-refractivity contribution in [1.29, 1.82) is 0 Å². The van der Waals surface area contributed by atoms with Crippen molar-refractivity contribution in [3.63, 3.8) is 0 Å². The predicted molar refractivity (Wildman–Crippen MR) is 92.0 cm³/mol. The lowest BCUT2D eigenvalue weighted by Gasteiger charge is -2.35. The zero-order valence-corrected chi connectivity index (χ0v) is 14.6. The zero-order chi connectivity index (χ0) is 18.1. The smallest absolute Gasteiger partial charge is 0.275 e. The van der Waals surface area contributed by atoms with E-state index in [0.717, 1.165) is 0 Å². The molecule has 2 fully saturated rings. The lowest BCUT2D eigenvalue weighted by molar-refractivity contribution is -0.0240. The van der Waals surface area contributed by atoms with E-state index in [4.69, 9.17) is 13.9 Å². The number of rotatable bonds is 4. The number of ether oxygens (including phenoxy) is 2. The van der Waals surface area contributed by atoms with Crippen LogP contribution in [-0.4, -0.2) is 53.3 Å². The summed E-state index contributed by atoms with van der Waals surface area (Å²) in [4.78, 5) is 18.2. The highest BCUT2D eigenvalue weighted by Crippen LogP contribution is 2.39. The van der Waals surface area contributed by atoms with E-state index in [9.17, 15) is 9.90 Å². The van der Waals surface area contributed by atoms with Crippen molar-refractivity contribution in [1.82, 2.24) is 9.88 Å². The maximum atomic E-state index is 12.5. The number of hydrogen-bond donors (Lipinski definition) is 1. The summed E-state index contributed by atoms with van der Waals surface area (Å²) < 4.78 is 16.3. The van der Waals surface area contributed by atoms with Crippen LogP contribution < -0.4 is 9.47 Å². The van der Waals surface area contributed by atoms with Gasteiger partial charge in [0.15, 0.2) is 23.6 Å². The van der Waals surface area contributed by atoms with E-state index in [0.29, 0.717) is 49.0 Å². The van der Waals surface area contributed by atoms with Gasteiger partial charge in [0.1, 0.15) is 12.4 Å². The number of amides is 1. The normalized spacial score (nSPS) is 27.8. The third-order valence-corrected chi connectivity index (χ3v) is 5.37. The molecule has 7 heteroatoms. The first-order valence-electron chi connectivity index (χ1n) is 8.81. The van der Waals surface area contributed by atoms with Gasteiger partial charge in [-0.3, -0.25) is 4.79 Å². The first-order valence-corrected chi connectivity index (χ1v) is 8.81. The molecule has 1 N–H and O–H groups in total. The summed E-state index contributed by atoms with van der Waals surface area (Å²) in [6, 6.07) is 7.43. The van der Waals surface area contributed by atoms with Gasteiger partial charge in [-0.15, -0.1) is 0 Å². The lowest BCUT2D eigenvalue weighted by atomic mass is 9.78. The van der Waals surface area contributed by atoms with Gasteiger partial charge in [-0.05, 0) is 36.8 Å². The number of aliphatic hydroxyl groups is 1. The number of likely N-dealkylation sites (tertiary alicyclic amines) is 1. The third-order valence-electron chi connectivity index (χ3n) is 5.37. The van der Waals surface area contributed by atoms with Crippen LogP contribution in [0.1, 0.15) is 23.3 Å². The Morgan fingerprint density at radius 3 is 2.65 bits per heavy atom. The molecule has 1 aliphatic carbocycles. The van der Waals surface area contributed by atoms with Gasteiger partial charge < -0.3 is 23.9 Å². The number of aromatic nitrogens is 1. The number of benzene rings is 1. The SMILES string of the molecule is COc1ccccc1O[C@@H]1C[C@@H]2CN(C(=O)c3cocn3)C[C@@H]2C[C@H]1O. The number of fused-ring (bicyclic) bond motifs is 1. The Bertz CT molecular complexity index is 763. The Balaban J connectivity index is 1.44. The zero-order valence-electron chi connectivity index (χ0n) is 14.6. The molecule has 1 aliphatic heterocycles. The van der Waals surface area contributed by atoms with Crippen molar-refractivity contribution < 1.29 is 23.8 Å². The van der Waals surface area contributed by atoms with E-state index in [-0.39, 0.29) is 17.9 Å². The van der Waals surface area contributed by atoms with Crippen LogP contribution in [-0.2, 0) is 0 Å². The van der Waals surface area contributed by atoms with Gasteiger partial charge in [0.2, 0.25) is 0 Å². The molecule has 7 nitrogen and oxygen atoms in total. The summed E-state index contributed by atoms with van der Waals surface area (Å²) in [5.41, 5.74) is 0.325. The monoisotopic (exact) mass is 358 g/mol. The minimum atomic E-state index is -0.566. The molecule has 2 aliphatic rings. The molecule has 1 saturated heterocycles. The van der Waals surface area contributed by atoms with E-state index in [1.54, 1.807) is 12.0 Å². The molecule has 2 aromatic rings. The Morgan fingerprint density at radius 2 is 1.96 bits per heavy atom. The second kappa shape index (κ2) is 6.99. The topological polar surface area (TPSA) is 85.0 Å².